The molecular formula is C14H15BrFN3. The van der Waals surface area contributed by atoms with Crippen molar-refractivity contribution in [3.63, 3.8) is 0 Å². The van der Waals surface area contributed by atoms with Gasteiger partial charge in [-0.1, -0.05) is 28.1 Å². The molecule has 2 aromatic rings. The van der Waals surface area contributed by atoms with E-state index in [4.69, 9.17) is 11.6 Å². The van der Waals surface area contributed by atoms with Crippen LogP contribution in [0, 0.1) is 5.82 Å². The topological polar surface area (TPSA) is 64.1 Å². The van der Waals surface area contributed by atoms with E-state index in [2.05, 4.69) is 21.4 Å². The predicted molar refractivity (Wildman–Crippen MR) is 78.7 cm³/mol. The Hall–Kier alpha value is -1.43. The standard InChI is InChI=1S/C14H15BrFN3/c15-10-3-1-2-9(6-10)7-14(19-18)12-8-11(16)4-5-13(12)17/h1-6,8,14,19H,7,17-18H2. The second kappa shape index (κ2) is 6.14. The number of nitrogen functional groups attached to an aromatic ring is 1. The first-order chi connectivity index (χ1) is 9.10. The van der Waals surface area contributed by atoms with Crippen molar-refractivity contribution in [3.05, 3.63) is 63.9 Å². The largest absolute Gasteiger partial charge is 0.398 e. The van der Waals surface area contributed by atoms with Crippen LogP contribution in [0.2, 0.25) is 0 Å². The van der Waals surface area contributed by atoms with Gasteiger partial charge in [-0.15, -0.1) is 0 Å². The van der Waals surface area contributed by atoms with E-state index in [-0.39, 0.29) is 11.9 Å². The van der Waals surface area contributed by atoms with Gasteiger partial charge in [0.15, 0.2) is 0 Å². The van der Waals surface area contributed by atoms with Crippen LogP contribution in [0.4, 0.5) is 10.1 Å². The number of hydrogen-bond acceptors (Lipinski definition) is 3. The zero-order chi connectivity index (χ0) is 13.8. The third kappa shape index (κ3) is 3.53. The highest BCUT2D eigenvalue weighted by atomic mass is 79.9. The SMILES string of the molecule is NNC(Cc1cccc(Br)c1)c1cc(F)ccc1N. The molecule has 5 N–H and O–H groups in total. The highest BCUT2D eigenvalue weighted by Crippen LogP contribution is 2.25. The summed E-state index contributed by atoms with van der Waals surface area (Å²) in [4.78, 5) is 0. The van der Waals surface area contributed by atoms with Crippen molar-refractivity contribution in [1.82, 2.24) is 5.43 Å². The van der Waals surface area contributed by atoms with Crippen molar-refractivity contribution in [3.8, 4) is 0 Å². The summed E-state index contributed by atoms with van der Waals surface area (Å²) in [5, 5.41) is 0. The molecule has 100 valence electrons. The van der Waals surface area contributed by atoms with E-state index in [1.165, 1.54) is 12.1 Å². The van der Waals surface area contributed by atoms with Crippen LogP contribution in [0.1, 0.15) is 17.2 Å². The molecule has 1 atom stereocenters. The second-order valence-electron chi connectivity index (χ2n) is 4.33. The molecule has 0 saturated heterocycles. The number of rotatable bonds is 4. The summed E-state index contributed by atoms with van der Waals surface area (Å²) in [6.45, 7) is 0. The van der Waals surface area contributed by atoms with Gasteiger partial charge >= 0.3 is 0 Å². The molecule has 0 fully saturated rings. The number of benzene rings is 2. The Morgan fingerprint density at radius 1 is 1.21 bits per heavy atom. The number of nitrogens with one attached hydrogen (secondary N) is 1. The van der Waals surface area contributed by atoms with E-state index >= 15 is 0 Å². The van der Waals surface area contributed by atoms with E-state index < -0.39 is 0 Å². The molecule has 3 nitrogen and oxygen atoms in total. The lowest BCUT2D eigenvalue weighted by Crippen LogP contribution is -2.30. The van der Waals surface area contributed by atoms with Gasteiger partial charge in [0.1, 0.15) is 5.82 Å². The first-order valence-corrected chi connectivity index (χ1v) is 6.65. The fraction of sp³-hybridized carbons (Fsp3) is 0.143. The lowest BCUT2D eigenvalue weighted by Gasteiger charge is -2.18. The quantitative estimate of drug-likeness (QED) is 0.460. The molecule has 0 spiro atoms. The van der Waals surface area contributed by atoms with Crippen LogP contribution in [0.25, 0.3) is 0 Å². The van der Waals surface area contributed by atoms with Gasteiger partial charge in [0.25, 0.3) is 0 Å². The molecule has 2 aromatic carbocycles. The van der Waals surface area contributed by atoms with Crippen LogP contribution in [0.15, 0.2) is 46.9 Å². The van der Waals surface area contributed by atoms with E-state index in [0.717, 1.165) is 10.0 Å². The van der Waals surface area contributed by atoms with E-state index in [0.29, 0.717) is 17.7 Å². The van der Waals surface area contributed by atoms with Crippen LogP contribution in [-0.4, -0.2) is 0 Å². The molecule has 5 heteroatoms. The summed E-state index contributed by atoms with van der Waals surface area (Å²) in [6, 6.07) is 12.0. The maximum atomic E-state index is 13.3. The maximum absolute atomic E-state index is 13.3. The van der Waals surface area contributed by atoms with Crippen molar-refractivity contribution >= 4 is 21.6 Å². The molecule has 0 amide bonds. The molecule has 0 bridgehead atoms. The third-order valence-corrected chi connectivity index (χ3v) is 3.45. The summed E-state index contributed by atoms with van der Waals surface area (Å²) in [6.07, 6.45) is 0.629. The normalized spacial score (nSPS) is 12.4. The minimum Gasteiger partial charge on any atom is -0.398 e. The fourth-order valence-electron chi connectivity index (χ4n) is 2.01. The van der Waals surface area contributed by atoms with Crippen LogP contribution in [-0.2, 0) is 6.42 Å². The molecule has 0 aliphatic carbocycles. The molecule has 0 heterocycles. The Labute approximate surface area is 119 Å². The number of halogens is 2. The predicted octanol–water partition coefficient (Wildman–Crippen LogP) is 2.92. The van der Waals surface area contributed by atoms with Crippen molar-refractivity contribution in [2.45, 2.75) is 12.5 Å². The lowest BCUT2D eigenvalue weighted by atomic mass is 9.98. The average Bonchev–Trinajstić information content (AvgIpc) is 2.39. The highest BCUT2D eigenvalue weighted by molar-refractivity contribution is 9.10. The number of anilines is 1. The zero-order valence-electron chi connectivity index (χ0n) is 10.2. The summed E-state index contributed by atoms with van der Waals surface area (Å²) in [5.74, 6) is 5.25. The highest BCUT2D eigenvalue weighted by Gasteiger charge is 2.14. The van der Waals surface area contributed by atoms with Gasteiger partial charge in [-0.3, -0.25) is 11.3 Å². The molecule has 2 rings (SSSR count). The fourth-order valence-corrected chi connectivity index (χ4v) is 2.45. The Morgan fingerprint density at radius 3 is 2.68 bits per heavy atom. The molecule has 0 aliphatic heterocycles. The molecule has 1 unspecified atom stereocenters. The minimum absolute atomic E-state index is 0.231. The smallest absolute Gasteiger partial charge is 0.123 e. The van der Waals surface area contributed by atoms with Crippen molar-refractivity contribution < 1.29 is 4.39 Å². The summed E-state index contributed by atoms with van der Waals surface area (Å²) in [7, 11) is 0. The minimum atomic E-state index is -0.321. The van der Waals surface area contributed by atoms with Crippen LogP contribution < -0.4 is 17.0 Å². The van der Waals surface area contributed by atoms with Crippen LogP contribution >= 0.6 is 15.9 Å². The Kier molecular flexibility index (Phi) is 4.52. The average molecular weight is 324 g/mol. The lowest BCUT2D eigenvalue weighted by molar-refractivity contribution is 0.546. The summed E-state index contributed by atoms with van der Waals surface area (Å²) < 4.78 is 14.3. The first-order valence-electron chi connectivity index (χ1n) is 5.85. The van der Waals surface area contributed by atoms with Gasteiger partial charge in [-0.25, -0.2) is 4.39 Å². The number of nitrogens with two attached hydrogens (primary N) is 2. The van der Waals surface area contributed by atoms with Gasteiger partial charge in [-0.2, -0.15) is 0 Å². The van der Waals surface area contributed by atoms with E-state index in [1.807, 2.05) is 24.3 Å². The van der Waals surface area contributed by atoms with Crippen molar-refractivity contribution in [2.24, 2.45) is 5.84 Å². The Bertz CT molecular complexity index is 574. The molecule has 0 radical (unpaired) electrons. The first kappa shape index (κ1) is 14.0. The van der Waals surface area contributed by atoms with Crippen molar-refractivity contribution in [1.29, 1.82) is 0 Å². The third-order valence-electron chi connectivity index (χ3n) is 2.95. The van der Waals surface area contributed by atoms with Crippen molar-refractivity contribution in [2.75, 3.05) is 5.73 Å². The van der Waals surface area contributed by atoms with E-state index in [1.54, 1.807) is 6.07 Å². The molecular weight excluding hydrogens is 309 g/mol. The monoisotopic (exact) mass is 323 g/mol. The van der Waals surface area contributed by atoms with Gasteiger partial charge in [0.05, 0.1) is 6.04 Å². The van der Waals surface area contributed by atoms with Gasteiger partial charge < -0.3 is 5.73 Å². The van der Waals surface area contributed by atoms with Gasteiger partial charge in [0, 0.05) is 10.2 Å². The Balaban J connectivity index is 2.27. The van der Waals surface area contributed by atoms with Crippen LogP contribution in [0.5, 0.6) is 0 Å². The van der Waals surface area contributed by atoms with Gasteiger partial charge in [0.2, 0.25) is 0 Å². The van der Waals surface area contributed by atoms with Gasteiger partial charge in [-0.05, 0) is 47.9 Å². The number of hydrazine groups is 1. The maximum Gasteiger partial charge on any atom is 0.123 e. The van der Waals surface area contributed by atoms with Crippen LogP contribution in [0.3, 0.4) is 0 Å². The molecule has 0 aliphatic rings. The summed E-state index contributed by atoms with van der Waals surface area (Å²) in [5.41, 5.74) is 10.9. The Morgan fingerprint density at radius 2 is 2.00 bits per heavy atom. The zero-order valence-corrected chi connectivity index (χ0v) is 11.8. The second-order valence-corrected chi connectivity index (χ2v) is 5.24. The molecule has 19 heavy (non-hydrogen) atoms. The summed E-state index contributed by atoms with van der Waals surface area (Å²) >= 11 is 3.42. The number of hydrogen-bond donors (Lipinski definition) is 3. The molecule has 0 saturated carbocycles. The van der Waals surface area contributed by atoms with E-state index in [9.17, 15) is 4.39 Å². The molecule has 0 aromatic heterocycles.